The first kappa shape index (κ1) is 26.9. The summed E-state index contributed by atoms with van der Waals surface area (Å²) in [4.78, 5) is 49.0. The van der Waals surface area contributed by atoms with E-state index in [1.807, 2.05) is 34.6 Å². The first-order valence-corrected chi connectivity index (χ1v) is 11.5. The van der Waals surface area contributed by atoms with Gasteiger partial charge in [-0.05, 0) is 58.2 Å². The fraction of sp³-hybridized carbons (Fsp3) is 0.520. The molecule has 0 aliphatic rings. The molecule has 0 spiro atoms. The molecule has 0 unspecified atom stereocenters. The number of nitrogens with one attached hydrogen (secondary N) is 3. The highest BCUT2D eigenvalue weighted by Crippen LogP contribution is 2.29. The van der Waals surface area contributed by atoms with Gasteiger partial charge in [-0.15, -0.1) is 0 Å². The third-order valence-electron chi connectivity index (χ3n) is 5.87. The van der Waals surface area contributed by atoms with E-state index in [4.69, 9.17) is 9.15 Å². The third-order valence-corrected chi connectivity index (χ3v) is 5.87. The topological polar surface area (TPSA) is 127 Å². The van der Waals surface area contributed by atoms with Crippen LogP contribution in [-0.2, 0) is 14.4 Å². The van der Waals surface area contributed by atoms with Gasteiger partial charge >= 0.3 is 5.63 Å². The number of carbonyl (C=O) groups is 3. The maximum atomic E-state index is 12.4. The Balaban J connectivity index is 1.96. The fourth-order valence-corrected chi connectivity index (χ4v) is 3.46. The van der Waals surface area contributed by atoms with Gasteiger partial charge in [-0.1, -0.05) is 20.3 Å². The van der Waals surface area contributed by atoms with Crippen LogP contribution in [0.5, 0.6) is 5.75 Å². The highest BCUT2D eigenvalue weighted by molar-refractivity contribution is 5.90. The standard InChI is InChI=1S/C25H35N3O6/c1-8-14(4)22(24(31)27-13(2)3)28-20(29)11-26-21(30)12-33-19-10-9-18-15(5)16(6)25(32)34-23(18)17(19)7/h9-10,13-14,22H,8,11-12H2,1-7H3,(H,26,30)(H,27,31)(H,28,29)/t14-,22-/m0/s1. The molecule has 0 saturated carbocycles. The number of aryl methyl sites for hydroxylation is 2. The van der Waals surface area contributed by atoms with Crippen LogP contribution in [0.1, 0.15) is 50.8 Å². The average Bonchev–Trinajstić information content (AvgIpc) is 2.78. The van der Waals surface area contributed by atoms with Crippen molar-refractivity contribution in [1.29, 1.82) is 0 Å². The first-order chi connectivity index (χ1) is 16.0. The van der Waals surface area contributed by atoms with Crippen molar-refractivity contribution in [2.45, 2.75) is 67.0 Å². The highest BCUT2D eigenvalue weighted by Gasteiger charge is 2.26. The molecule has 0 bridgehead atoms. The zero-order valence-electron chi connectivity index (χ0n) is 21.0. The summed E-state index contributed by atoms with van der Waals surface area (Å²) in [5.41, 5.74) is 2.00. The molecular formula is C25H35N3O6. The van der Waals surface area contributed by atoms with Gasteiger partial charge in [0.15, 0.2) is 6.61 Å². The van der Waals surface area contributed by atoms with Gasteiger partial charge in [0.1, 0.15) is 17.4 Å². The lowest BCUT2D eigenvalue weighted by Gasteiger charge is -2.24. The zero-order valence-corrected chi connectivity index (χ0v) is 21.0. The Morgan fingerprint density at radius 1 is 0.971 bits per heavy atom. The molecule has 2 aromatic rings. The van der Waals surface area contributed by atoms with E-state index in [1.54, 1.807) is 26.0 Å². The number of fused-ring (bicyclic) bond motifs is 1. The van der Waals surface area contributed by atoms with E-state index in [-0.39, 0.29) is 31.0 Å². The molecular weight excluding hydrogens is 438 g/mol. The second kappa shape index (κ2) is 11.7. The molecule has 1 aromatic heterocycles. The maximum Gasteiger partial charge on any atom is 0.339 e. The van der Waals surface area contributed by atoms with Gasteiger partial charge in [0.05, 0.1) is 6.54 Å². The Morgan fingerprint density at radius 2 is 1.65 bits per heavy atom. The average molecular weight is 474 g/mol. The van der Waals surface area contributed by atoms with Crippen LogP contribution in [0.2, 0.25) is 0 Å². The van der Waals surface area contributed by atoms with Crippen molar-refractivity contribution in [2.24, 2.45) is 5.92 Å². The molecule has 9 nitrogen and oxygen atoms in total. The summed E-state index contributed by atoms with van der Waals surface area (Å²) < 4.78 is 11.0. The predicted octanol–water partition coefficient (Wildman–Crippen LogP) is 2.27. The Labute approximate surface area is 199 Å². The highest BCUT2D eigenvalue weighted by atomic mass is 16.5. The summed E-state index contributed by atoms with van der Waals surface area (Å²) in [6, 6.07) is 2.77. The molecule has 1 aromatic carbocycles. The molecule has 3 amide bonds. The van der Waals surface area contributed by atoms with Crippen molar-refractivity contribution in [3.05, 3.63) is 39.2 Å². The number of amides is 3. The lowest BCUT2D eigenvalue weighted by Crippen LogP contribution is -2.53. The van der Waals surface area contributed by atoms with E-state index < -0.39 is 23.5 Å². The molecule has 9 heteroatoms. The van der Waals surface area contributed by atoms with Crippen LogP contribution < -0.4 is 26.3 Å². The van der Waals surface area contributed by atoms with Crippen LogP contribution in [0.15, 0.2) is 21.3 Å². The van der Waals surface area contributed by atoms with E-state index in [0.717, 1.165) is 10.9 Å². The van der Waals surface area contributed by atoms with Crippen LogP contribution in [-0.4, -0.2) is 43.0 Å². The summed E-state index contributed by atoms with van der Waals surface area (Å²) in [7, 11) is 0. The van der Waals surface area contributed by atoms with Gasteiger partial charge in [-0.25, -0.2) is 4.79 Å². The minimum Gasteiger partial charge on any atom is -0.483 e. The molecule has 34 heavy (non-hydrogen) atoms. The van der Waals surface area contributed by atoms with Crippen LogP contribution in [0, 0.1) is 26.7 Å². The maximum absolute atomic E-state index is 12.4. The van der Waals surface area contributed by atoms with E-state index in [9.17, 15) is 19.2 Å². The van der Waals surface area contributed by atoms with Crippen LogP contribution >= 0.6 is 0 Å². The van der Waals surface area contributed by atoms with Gasteiger partial charge in [-0.3, -0.25) is 14.4 Å². The Kier molecular flexibility index (Phi) is 9.23. The van der Waals surface area contributed by atoms with Crippen molar-refractivity contribution in [3.8, 4) is 5.75 Å². The Morgan fingerprint density at radius 3 is 2.26 bits per heavy atom. The molecule has 0 aliphatic carbocycles. The molecule has 2 atom stereocenters. The summed E-state index contributed by atoms with van der Waals surface area (Å²) in [6.45, 7) is 12.2. The first-order valence-electron chi connectivity index (χ1n) is 11.5. The number of hydrogen-bond acceptors (Lipinski definition) is 6. The normalized spacial score (nSPS) is 12.8. The molecule has 1 heterocycles. The van der Waals surface area contributed by atoms with Crippen molar-refractivity contribution < 1.29 is 23.5 Å². The second-order valence-corrected chi connectivity index (χ2v) is 8.86. The van der Waals surface area contributed by atoms with Crippen molar-refractivity contribution in [3.63, 3.8) is 0 Å². The quantitative estimate of drug-likeness (QED) is 0.455. The molecule has 0 saturated heterocycles. The van der Waals surface area contributed by atoms with Gasteiger partial charge in [0.25, 0.3) is 5.91 Å². The smallest absolute Gasteiger partial charge is 0.339 e. The number of rotatable bonds is 10. The fourth-order valence-electron chi connectivity index (χ4n) is 3.46. The zero-order chi connectivity index (χ0) is 25.6. The lowest BCUT2D eigenvalue weighted by atomic mass is 9.98. The van der Waals surface area contributed by atoms with Gasteiger partial charge < -0.3 is 25.1 Å². The number of benzene rings is 1. The molecule has 0 fully saturated rings. The summed E-state index contributed by atoms with van der Waals surface area (Å²) in [5, 5.41) is 8.81. The largest absolute Gasteiger partial charge is 0.483 e. The Hall–Kier alpha value is -3.36. The van der Waals surface area contributed by atoms with E-state index in [1.165, 1.54) is 0 Å². The third kappa shape index (κ3) is 6.59. The summed E-state index contributed by atoms with van der Waals surface area (Å²) >= 11 is 0. The minimum absolute atomic E-state index is 0.0488. The summed E-state index contributed by atoms with van der Waals surface area (Å²) in [6.07, 6.45) is 0.709. The van der Waals surface area contributed by atoms with Crippen molar-refractivity contribution in [2.75, 3.05) is 13.2 Å². The molecule has 186 valence electrons. The van der Waals surface area contributed by atoms with Crippen LogP contribution in [0.4, 0.5) is 0 Å². The van der Waals surface area contributed by atoms with E-state index in [0.29, 0.717) is 28.9 Å². The van der Waals surface area contributed by atoms with Crippen molar-refractivity contribution >= 4 is 28.7 Å². The number of ether oxygens (including phenoxy) is 1. The minimum atomic E-state index is -0.685. The van der Waals surface area contributed by atoms with E-state index in [2.05, 4.69) is 16.0 Å². The lowest BCUT2D eigenvalue weighted by molar-refractivity contribution is -0.131. The Bertz CT molecular complexity index is 1120. The predicted molar refractivity (Wildman–Crippen MR) is 130 cm³/mol. The monoisotopic (exact) mass is 473 g/mol. The number of carbonyl (C=O) groups excluding carboxylic acids is 3. The van der Waals surface area contributed by atoms with Gasteiger partial charge in [0, 0.05) is 22.6 Å². The SMILES string of the molecule is CC[C@H](C)[C@H](NC(=O)CNC(=O)COc1ccc2c(C)c(C)c(=O)oc2c1C)C(=O)NC(C)C. The van der Waals surface area contributed by atoms with E-state index >= 15 is 0 Å². The van der Waals surface area contributed by atoms with Gasteiger partial charge in [0.2, 0.25) is 11.8 Å². The molecule has 3 N–H and O–H groups in total. The molecule has 0 aliphatic heterocycles. The van der Waals surface area contributed by atoms with Crippen LogP contribution in [0.3, 0.4) is 0 Å². The second-order valence-electron chi connectivity index (χ2n) is 8.86. The van der Waals surface area contributed by atoms with Gasteiger partial charge in [-0.2, -0.15) is 0 Å². The molecule has 0 radical (unpaired) electrons. The van der Waals surface area contributed by atoms with Crippen molar-refractivity contribution in [1.82, 2.24) is 16.0 Å². The molecule has 2 rings (SSSR count). The summed E-state index contributed by atoms with van der Waals surface area (Å²) in [5.74, 6) is -0.878. The van der Waals surface area contributed by atoms with Crippen LogP contribution in [0.25, 0.3) is 11.0 Å². The number of hydrogen-bond donors (Lipinski definition) is 3.